The first-order valence-corrected chi connectivity index (χ1v) is 5.78. The highest BCUT2D eigenvalue weighted by Gasteiger charge is 2.40. The molecular weight excluding hydrogens is 176 g/mol. The first kappa shape index (κ1) is 9.81. The van der Waals surface area contributed by atoms with Crippen molar-refractivity contribution in [3.05, 3.63) is 0 Å². The zero-order chi connectivity index (χ0) is 10.0. The Morgan fingerprint density at radius 1 is 1.43 bits per heavy atom. The van der Waals surface area contributed by atoms with Crippen molar-refractivity contribution in [3.8, 4) is 0 Å². The molecule has 0 aliphatic heterocycles. The van der Waals surface area contributed by atoms with Gasteiger partial charge < -0.3 is 10.6 Å². The maximum Gasteiger partial charge on any atom is 0.315 e. The molecule has 3 heteroatoms. The lowest BCUT2D eigenvalue weighted by Crippen LogP contribution is -2.46. The maximum atomic E-state index is 11.4. The first-order valence-electron chi connectivity index (χ1n) is 5.78. The molecule has 2 rings (SSSR count). The molecule has 0 atom stereocenters. The predicted molar refractivity (Wildman–Crippen MR) is 56.1 cm³/mol. The molecule has 0 unspecified atom stereocenters. The smallest absolute Gasteiger partial charge is 0.315 e. The molecule has 2 amide bonds. The fraction of sp³-hybridized carbons (Fsp3) is 0.909. The number of amides is 2. The summed E-state index contributed by atoms with van der Waals surface area (Å²) in [6, 6.07) is 0.487. The van der Waals surface area contributed by atoms with Gasteiger partial charge in [-0.05, 0) is 43.9 Å². The summed E-state index contributed by atoms with van der Waals surface area (Å²) in [5.41, 5.74) is 0.455. The van der Waals surface area contributed by atoms with E-state index in [1.807, 2.05) is 0 Å². The monoisotopic (exact) mass is 196 g/mol. The van der Waals surface area contributed by atoms with E-state index >= 15 is 0 Å². The molecule has 80 valence electrons. The van der Waals surface area contributed by atoms with E-state index in [9.17, 15) is 4.79 Å². The van der Waals surface area contributed by atoms with Crippen LogP contribution in [0.2, 0.25) is 0 Å². The molecule has 0 aromatic heterocycles. The Bertz CT molecular complexity index is 219. The molecular formula is C11H20N2O. The summed E-state index contributed by atoms with van der Waals surface area (Å²) in [4.78, 5) is 11.4. The average Bonchev–Trinajstić information content (AvgIpc) is 2.89. The number of rotatable bonds is 4. The number of hydrogen-bond donors (Lipinski definition) is 2. The van der Waals surface area contributed by atoms with Crippen LogP contribution < -0.4 is 10.6 Å². The van der Waals surface area contributed by atoms with E-state index in [-0.39, 0.29) is 6.03 Å². The third kappa shape index (κ3) is 2.20. The van der Waals surface area contributed by atoms with E-state index in [0.29, 0.717) is 11.5 Å². The molecule has 0 radical (unpaired) electrons. The Balaban J connectivity index is 1.62. The number of urea groups is 1. The van der Waals surface area contributed by atoms with Crippen molar-refractivity contribution in [2.75, 3.05) is 6.54 Å². The number of carbonyl (C=O) groups is 1. The molecule has 0 heterocycles. The lowest BCUT2D eigenvalue weighted by atomic mass is 9.93. The van der Waals surface area contributed by atoms with Gasteiger partial charge in [-0.3, -0.25) is 0 Å². The van der Waals surface area contributed by atoms with Gasteiger partial charge in [-0.2, -0.15) is 0 Å². The summed E-state index contributed by atoms with van der Waals surface area (Å²) < 4.78 is 0. The third-order valence-electron chi connectivity index (χ3n) is 3.77. The lowest BCUT2D eigenvalue weighted by Gasteiger charge is -2.26. The SMILES string of the molecule is CCC1(CNC(=O)NC2CCC2)CC1. The molecule has 2 saturated carbocycles. The number of nitrogens with one attached hydrogen (secondary N) is 2. The fourth-order valence-corrected chi connectivity index (χ4v) is 1.89. The van der Waals surface area contributed by atoms with Gasteiger partial charge in [0.05, 0.1) is 0 Å². The minimum absolute atomic E-state index is 0.0365. The standard InChI is InChI=1S/C11H20N2O/c1-2-11(6-7-11)8-12-10(14)13-9-4-3-5-9/h9H,2-8H2,1H3,(H2,12,13,14). The van der Waals surface area contributed by atoms with E-state index < -0.39 is 0 Å². The highest BCUT2D eigenvalue weighted by molar-refractivity contribution is 5.74. The van der Waals surface area contributed by atoms with Gasteiger partial charge in [0.1, 0.15) is 0 Å². The Morgan fingerprint density at radius 3 is 2.57 bits per heavy atom. The quantitative estimate of drug-likeness (QED) is 0.709. The third-order valence-corrected chi connectivity index (χ3v) is 3.77. The van der Waals surface area contributed by atoms with Gasteiger partial charge in [-0.1, -0.05) is 6.92 Å². The molecule has 0 aromatic rings. The first-order chi connectivity index (χ1) is 6.74. The van der Waals surface area contributed by atoms with Gasteiger partial charge in [0.15, 0.2) is 0 Å². The Kier molecular flexibility index (Phi) is 2.66. The van der Waals surface area contributed by atoms with E-state index in [2.05, 4.69) is 17.6 Å². The van der Waals surface area contributed by atoms with Crippen LogP contribution in [0.1, 0.15) is 45.4 Å². The van der Waals surface area contributed by atoms with Crippen molar-refractivity contribution in [2.24, 2.45) is 5.41 Å². The summed E-state index contributed by atoms with van der Waals surface area (Å²) >= 11 is 0. The second kappa shape index (κ2) is 3.79. The van der Waals surface area contributed by atoms with E-state index in [1.165, 1.54) is 25.7 Å². The summed E-state index contributed by atoms with van der Waals surface area (Å²) in [7, 11) is 0. The fourth-order valence-electron chi connectivity index (χ4n) is 1.89. The van der Waals surface area contributed by atoms with Gasteiger partial charge in [0.25, 0.3) is 0 Å². The van der Waals surface area contributed by atoms with Crippen molar-refractivity contribution in [2.45, 2.75) is 51.5 Å². The summed E-state index contributed by atoms with van der Waals surface area (Å²) in [5, 5.41) is 5.98. The van der Waals surface area contributed by atoms with Crippen LogP contribution in [0.4, 0.5) is 4.79 Å². The topological polar surface area (TPSA) is 41.1 Å². The van der Waals surface area contributed by atoms with Crippen molar-refractivity contribution < 1.29 is 4.79 Å². The Morgan fingerprint density at radius 2 is 2.14 bits per heavy atom. The van der Waals surface area contributed by atoms with Crippen LogP contribution in [-0.2, 0) is 0 Å². The zero-order valence-corrected chi connectivity index (χ0v) is 8.94. The Hall–Kier alpha value is -0.730. The van der Waals surface area contributed by atoms with Crippen molar-refractivity contribution in [3.63, 3.8) is 0 Å². The van der Waals surface area contributed by atoms with Gasteiger partial charge in [0, 0.05) is 12.6 Å². The van der Waals surface area contributed by atoms with Crippen molar-refractivity contribution in [1.29, 1.82) is 0 Å². The molecule has 0 saturated heterocycles. The average molecular weight is 196 g/mol. The van der Waals surface area contributed by atoms with E-state index in [1.54, 1.807) is 0 Å². The van der Waals surface area contributed by atoms with Crippen LogP contribution in [0.3, 0.4) is 0 Å². The summed E-state index contributed by atoms with van der Waals surface area (Å²) in [6.45, 7) is 3.07. The molecule has 0 spiro atoms. The molecule has 2 aliphatic carbocycles. The second-order valence-electron chi connectivity index (χ2n) is 4.81. The highest BCUT2D eigenvalue weighted by atomic mass is 16.2. The van der Waals surface area contributed by atoms with Crippen LogP contribution in [0.25, 0.3) is 0 Å². The summed E-state index contributed by atoms with van der Waals surface area (Å²) in [5.74, 6) is 0. The van der Waals surface area contributed by atoms with Gasteiger partial charge in [-0.15, -0.1) is 0 Å². The number of carbonyl (C=O) groups excluding carboxylic acids is 1. The van der Waals surface area contributed by atoms with Crippen LogP contribution in [0.5, 0.6) is 0 Å². The van der Waals surface area contributed by atoms with Crippen LogP contribution >= 0.6 is 0 Å². The largest absolute Gasteiger partial charge is 0.338 e. The van der Waals surface area contributed by atoms with Crippen LogP contribution in [0, 0.1) is 5.41 Å². The molecule has 3 nitrogen and oxygen atoms in total. The van der Waals surface area contributed by atoms with Gasteiger partial charge in [0.2, 0.25) is 0 Å². The number of hydrogen-bond acceptors (Lipinski definition) is 1. The molecule has 0 aromatic carbocycles. The van der Waals surface area contributed by atoms with E-state index in [0.717, 1.165) is 19.4 Å². The molecule has 2 fully saturated rings. The van der Waals surface area contributed by atoms with Gasteiger partial charge >= 0.3 is 6.03 Å². The lowest BCUT2D eigenvalue weighted by molar-refractivity contribution is 0.225. The maximum absolute atomic E-state index is 11.4. The van der Waals surface area contributed by atoms with Crippen molar-refractivity contribution in [1.82, 2.24) is 10.6 Å². The van der Waals surface area contributed by atoms with Crippen LogP contribution in [0.15, 0.2) is 0 Å². The molecule has 14 heavy (non-hydrogen) atoms. The molecule has 2 aliphatic rings. The minimum atomic E-state index is 0.0365. The summed E-state index contributed by atoms with van der Waals surface area (Å²) in [6.07, 6.45) is 7.35. The van der Waals surface area contributed by atoms with Crippen LogP contribution in [-0.4, -0.2) is 18.6 Å². The predicted octanol–water partition coefficient (Wildman–Crippen LogP) is 2.03. The molecule has 0 bridgehead atoms. The Labute approximate surface area is 85.6 Å². The second-order valence-corrected chi connectivity index (χ2v) is 4.81. The zero-order valence-electron chi connectivity index (χ0n) is 8.94. The molecule has 2 N–H and O–H groups in total. The normalized spacial score (nSPS) is 23.8. The van der Waals surface area contributed by atoms with E-state index in [4.69, 9.17) is 0 Å². The minimum Gasteiger partial charge on any atom is -0.338 e. The van der Waals surface area contributed by atoms with Gasteiger partial charge in [-0.25, -0.2) is 4.79 Å². The highest BCUT2D eigenvalue weighted by Crippen LogP contribution is 2.47. The van der Waals surface area contributed by atoms with Crippen molar-refractivity contribution >= 4 is 6.03 Å².